The normalized spacial score (nSPS) is 15.2. The van der Waals surface area contributed by atoms with E-state index in [4.69, 9.17) is 10.5 Å². The number of rotatable bonds is 3. The molecule has 0 fully saturated rings. The average Bonchev–Trinajstić information content (AvgIpc) is 2.71. The molecule has 0 amide bonds. The van der Waals surface area contributed by atoms with Crippen molar-refractivity contribution in [3.63, 3.8) is 0 Å². The lowest BCUT2D eigenvalue weighted by Crippen LogP contribution is -2.34. The number of halogens is 1. The molecule has 0 aliphatic rings. The first-order chi connectivity index (χ1) is 7.59. The van der Waals surface area contributed by atoms with Gasteiger partial charge in [0.2, 0.25) is 0 Å². The van der Waals surface area contributed by atoms with Crippen LogP contribution in [0.3, 0.4) is 0 Å². The van der Waals surface area contributed by atoms with Gasteiger partial charge in [-0.05, 0) is 31.2 Å². The second-order valence-corrected chi connectivity index (χ2v) is 4.97. The number of H-pyrrole nitrogens is 1. The first-order valence-electron chi connectivity index (χ1n) is 5.13. The fourth-order valence-electron chi connectivity index (χ4n) is 1.69. The highest BCUT2D eigenvalue weighted by atomic mass is 79.9. The summed E-state index contributed by atoms with van der Waals surface area (Å²) in [4.78, 5) is 3.34. The Morgan fingerprint density at radius 3 is 2.81 bits per heavy atom. The van der Waals surface area contributed by atoms with Crippen LogP contribution in [0, 0.1) is 0 Å². The quantitative estimate of drug-likeness (QED) is 0.910. The predicted octanol–water partition coefficient (Wildman–Crippen LogP) is 2.75. The molecule has 0 aliphatic carbocycles. The number of ether oxygens (including phenoxy) is 1. The average molecular weight is 283 g/mol. The summed E-state index contributed by atoms with van der Waals surface area (Å²) in [6.45, 7) is 2.42. The van der Waals surface area contributed by atoms with Gasteiger partial charge in [-0.1, -0.05) is 15.9 Å². The van der Waals surface area contributed by atoms with Crippen molar-refractivity contribution in [2.75, 3.05) is 13.7 Å². The molecule has 86 valence electrons. The van der Waals surface area contributed by atoms with Crippen molar-refractivity contribution < 1.29 is 4.74 Å². The third kappa shape index (κ3) is 1.88. The number of methoxy groups -OCH3 is 1. The van der Waals surface area contributed by atoms with Crippen molar-refractivity contribution in [1.29, 1.82) is 0 Å². The highest BCUT2D eigenvalue weighted by Crippen LogP contribution is 2.28. The van der Waals surface area contributed by atoms with E-state index in [0.717, 1.165) is 21.1 Å². The second kappa shape index (κ2) is 4.20. The second-order valence-electron chi connectivity index (χ2n) is 4.05. The molecule has 2 aromatic rings. The minimum absolute atomic E-state index is 0.442. The zero-order valence-electron chi connectivity index (χ0n) is 9.38. The Balaban J connectivity index is 2.54. The molecule has 4 heteroatoms. The van der Waals surface area contributed by atoms with Crippen molar-refractivity contribution in [2.45, 2.75) is 12.5 Å². The molecule has 1 aromatic heterocycles. The number of fused-ring (bicyclic) bond motifs is 1. The zero-order valence-corrected chi connectivity index (χ0v) is 11.0. The van der Waals surface area contributed by atoms with Crippen molar-refractivity contribution in [2.24, 2.45) is 5.73 Å². The minimum Gasteiger partial charge on any atom is -0.371 e. The van der Waals surface area contributed by atoms with Gasteiger partial charge in [-0.15, -0.1) is 0 Å². The summed E-state index contributed by atoms with van der Waals surface area (Å²) in [5.74, 6) is 0. The van der Waals surface area contributed by atoms with Crippen LogP contribution in [0.15, 0.2) is 28.7 Å². The van der Waals surface area contributed by atoms with Crippen LogP contribution in [0.1, 0.15) is 12.6 Å². The van der Waals surface area contributed by atoms with Gasteiger partial charge in [0.25, 0.3) is 0 Å². The number of hydrogen-bond acceptors (Lipinski definition) is 2. The van der Waals surface area contributed by atoms with Crippen LogP contribution in [0.2, 0.25) is 0 Å². The van der Waals surface area contributed by atoms with E-state index < -0.39 is 5.60 Å². The molecule has 0 radical (unpaired) electrons. The topological polar surface area (TPSA) is 51.0 Å². The lowest BCUT2D eigenvalue weighted by molar-refractivity contribution is 0.00702. The van der Waals surface area contributed by atoms with Gasteiger partial charge in [-0.25, -0.2) is 0 Å². The highest BCUT2D eigenvalue weighted by molar-refractivity contribution is 9.10. The number of nitrogens with one attached hydrogen (secondary N) is 1. The van der Waals surface area contributed by atoms with Gasteiger partial charge in [-0.3, -0.25) is 0 Å². The van der Waals surface area contributed by atoms with Gasteiger partial charge >= 0.3 is 0 Å². The third-order valence-corrected chi connectivity index (χ3v) is 3.49. The van der Waals surface area contributed by atoms with Crippen LogP contribution in [0.4, 0.5) is 0 Å². The zero-order chi connectivity index (χ0) is 11.8. The Morgan fingerprint density at radius 1 is 1.44 bits per heavy atom. The van der Waals surface area contributed by atoms with Gasteiger partial charge in [0, 0.05) is 34.7 Å². The maximum atomic E-state index is 5.75. The van der Waals surface area contributed by atoms with E-state index in [0.29, 0.717) is 6.54 Å². The molecule has 1 atom stereocenters. The van der Waals surface area contributed by atoms with E-state index in [1.165, 1.54) is 0 Å². The Morgan fingerprint density at radius 2 is 2.19 bits per heavy atom. The molecular formula is C12H15BrN2O. The molecule has 0 saturated carbocycles. The van der Waals surface area contributed by atoms with Crippen LogP contribution in [-0.2, 0) is 10.3 Å². The Bertz CT molecular complexity index is 503. The van der Waals surface area contributed by atoms with Gasteiger partial charge in [0.15, 0.2) is 0 Å². The maximum absolute atomic E-state index is 5.75. The summed E-state index contributed by atoms with van der Waals surface area (Å²) >= 11 is 3.46. The van der Waals surface area contributed by atoms with E-state index in [2.05, 4.69) is 33.0 Å². The first-order valence-corrected chi connectivity index (χ1v) is 5.92. The van der Waals surface area contributed by atoms with Crippen molar-refractivity contribution in [3.05, 3.63) is 34.4 Å². The van der Waals surface area contributed by atoms with E-state index in [9.17, 15) is 0 Å². The molecule has 0 spiro atoms. The molecule has 16 heavy (non-hydrogen) atoms. The molecule has 1 heterocycles. The summed E-state index contributed by atoms with van der Waals surface area (Å²) in [5, 5.41) is 1.15. The molecular weight excluding hydrogens is 268 g/mol. The number of aromatic nitrogens is 1. The van der Waals surface area contributed by atoms with Gasteiger partial charge in [-0.2, -0.15) is 0 Å². The largest absolute Gasteiger partial charge is 0.371 e. The first kappa shape index (κ1) is 11.6. The van der Waals surface area contributed by atoms with E-state index in [-0.39, 0.29) is 0 Å². The van der Waals surface area contributed by atoms with E-state index in [1.54, 1.807) is 7.11 Å². The highest BCUT2D eigenvalue weighted by Gasteiger charge is 2.26. The Hall–Kier alpha value is -0.840. The fraction of sp³-hybridized carbons (Fsp3) is 0.333. The van der Waals surface area contributed by atoms with Crippen LogP contribution in [-0.4, -0.2) is 18.6 Å². The summed E-state index contributed by atoms with van der Waals surface area (Å²) in [6.07, 6.45) is 0. The summed E-state index contributed by atoms with van der Waals surface area (Å²) in [5.41, 5.74) is 7.39. The number of benzene rings is 1. The monoisotopic (exact) mass is 282 g/mol. The number of nitrogens with two attached hydrogens (primary N) is 1. The lowest BCUT2D eigenvalue weighted by Gasteiger charge is -2.24. The Kier molecular flexibility index (Phi) is 3.06. The minimum atomic E-state index is -0.453. The molecule has 1 aromatic carbocycles. The Labute approximate surface area is 103 Å². The molecule has 2 rings (SSSR count). The smallest absolute Gasteiger partial charge is 0.117 e. The number of hydrogen-bond donors (Lipinski definition) is 2. The standard InChI is InChI=1S/C12H15BrN2O/c1-12(7-14,16-2)11-6-8-5-9(13)3-4-10(8)15-11/h3-6,15H,7,14H2,1-2H3. The molecule has 3 N–H and O–H groups in total. The molecule has 3 nitrogen and oxygen atoms in total. The van der Waals surface area contributed by atoms with E-state index in [1.807, 2.05) is 19.1 Å². The number of aromatic amines is 1. The van der Waals surface area contributed by atoms with Crippen LogP contribution in [0.25, 0.3) is 10.9 Å². The maximum Gasteiger partial charge on any atom is 0.117 e. The van der Waals surface area contributed by atoms with Gasteiger partial charge < -0.3 is 15.5 Å². The summed E-state index contributed by atoms with van der Waals surface area (Å²) in [6, 6.07) is 8.20. The molecule has 1 unspecified atom stereocenters. The fourth-order valence-corrected chi connectivity index (χ4v) is 2.07. The van der Waals surface area contributed by atoms with Crippen molar-refractivity contribution in [1.82, 2.24) is 4.98 Å². The molecule has 0 saturated heterocycles. The van der Waals surface area contributed by atoms with Crippen molar-refractivity contribution >= 4 is 26.8 Å². The van der Waals surface area contributed by atoms with E-state index >= 15 is 0 Å². The summed E-state index contributed by atoms with van der Waals surface area (Å²) in [7, 11) is 1.67. The van der Waals surface area contributed by atoms with Gasteiger partial charge in [0.1, 0.15) is 5.60 Å². The summed E-state index contributed by atoms with van der Waals surface area (Å²) < 4.78 is 6.53. The van der Waals surface area contributed by atoms with Crippen LogP contribution < -0.4 is 5.73 Å². The van der Waals surface area contributed by atoms with Crippen LogP contribution in [0.5, 0.6) is 0 Å². The SMILES string of the molecule is COC(C)(CN)c1cc2cc(Br)ccc2[nH]1. The predicted molar refractivity (Wildman–Crippen MR) is 69.4 cm³/mol. The lowest BCUT2D eigenvalue weighted by atomic mass is 10.0. The molecule has 0 aliphatic heterocycles. The molecule has 0 bridgehead atoms. The third-order valence-electron chi connectivity index (χ3n) is 2.99. The van der Waals surface area contributed by atoms with Crippen molar-refractivity contribution in [3.8, 4) is 0 Å². The van der Waals surface area contributed by atoms with Crippen LogP contribution >= 0.6 is 15.9 Å². The van der Waals surface area contributed by atoms with Gasteiger partial charge in [0.05, 0.1) is 0 Å².